The van der Waals surface area contributed by atoms with Gasteiger partial charge in [0.25, 0.3) is 0 Å². The highest BCUT2D eigenvalue weighted by molar-refractivity contribution is 6.16. The van der Waals surface area contributed by atoms with Crippen LogP contribution in [0.15, 0.2) is 283 Å². The second-order valence-corrected chi connectivity index (χ2v) is 17.2. The lowest BCUT2D eigenvalue weighted by atomic mass is 9.96. The minimum atomic E-state index is 0.836. The Hall–Kier alpha value is -9.18. The third-order valence-electron chi connectivity index (χ3n) is 13.1. The van der Waals surface area contributed by atoms with E-state index in [4.69, 9.17) is 4.42 Å². The molecule has 12 aromatic rings. The third-order valence-corrected chi connectivity index (χ3v) is 13.1. The van der Waals surface area contributed by atoms with Crippen molar-refractivity contribution in [2.24, 2.45) is 0 Å². The van der Waals surface area contributed by atoms with Crippen molar-refractivity contribution in [3.8, 4) is 55.6 Å². The molecule has 12 rings (SSSR count). The van der Waals surface area contributed by atoms with Crippen molar-refractivity contribution in [1.29, 1.82) is 0 Å². The predicted octanol–water partition coefficient (Wildman–Crippen LogP) is 18.9. The van der Waals surface area contributed by atoms with Gasteiger partial charge in [0.15, 0.2) is 0 Å². The van der Waals surface area contributed by atoms with Gasteiger partial charge < -0.3 is 14.2 Å². The summed E-state index contributed by atoms with van der Waals surface area (Å²) in [5.41, 5.74) is 19.4. The van der Waals surface area contributed by atoms with E-state index in [0.29, 0.717) is 0 Å². The van der Waals surface area contributed by atoms with Gasteiger partial charge in [0, 0.05) is 39.0 Å². The van der Waals surface area contributed by atoms with Gasteiger partial charge in [-0.2, -0.15) is 0 Å². The van der Waals surface area contributed by atoms with Gasteiger partial charge in [-0.25, -0.2) is 0 Å². The van der Waals surface area contributed by atoms with Crippen molar-refractivity contribution < 1.29 is 4.42 Å². The average molecular weight is 883 g/mol. The van der Waals surface area contributed by atoms with E-state index >= 15 is 0 Å². The van der Waals surface area contributed by atoms with Gasteiger partial charge in [-0.05, 0) is 88.0 Å². The third kappa shape index (κ3) is 7.82. The van der Waals surface area contributed by atoms with Gasteiger partial charge in [-0.1, -0.05) is 224 Å². The van der Waals surface area contributed by atoms with Gasteiger partial charge in [0.1, 0.15) is 11.2 Å². The Morgan fingerprint density at radius 3 is 1.22 bits per heavy atom. The summed E-state index contributed by atoms with van der Waals surface area (Å²) >= 11 is 0. The smallest absolute Gasteiger partial charge is 0.143 e. The summed E-state index contributed by atoms with van der Waals surface area (Å²) in [4.78, 5) is 4.84. The fraction of sp³-hybridized carbons (Fsp3) is 0. The first-order valence-electron chi connectivity index (χ1n) is 23.5. The summed E-state index contributed by atoms with van der Waals surface area (Å²) in [7, 11) is 0. The van der Waals surface area contributed by atoms with Crippen molar-refractivity contribution in [2.75, 3.05) is 9.80 Å². The van der Waals surface area contributed by atoms with E-state index in [1.807, 2.05) is 0 Å². The largest absolute Gasteiger partial charge is 0.455 e. The zero-order chi connectivity index (χ0) is 45.9. The molecule has 0 unspecified atom stereocenters. The van der Waals surface area contributed by atoms with Crippen LogP contribution in [0.5, 0.6) is 0 Å². The summed E-state index contributed by atoms with van der Waals surface area (Å²) in [5.74, 6) is 0. The Morgan fingerprint density at radius 1 is 0.246 bits per heavy atom. The Bertz CT molecular complexity index is 3630. The molecule has 0 aliphatic heterocycles. The number of nitrogens with zero attached hydrogens (tertiary/aromatic N) is 2. The maximum Gasteiger partial charge on any atom is 0.143 e. The Labute approximate surface area is 403 Å². The summed E-state index contributed by atoms with van der Waals surface area (Å²) in [6.45, 7) is 0. The monoisotopic (exact) mass is 882 g/mol. The molecule has 0 amide bonds. The van der Waals surface area contributed by atoms with Crippen LogP contribution < -0.4 is 9.80 Å². The zero-order valence-electron chi connectivity index (χ0n) is 37.9. The minimum Gasteiger partial charge on any atom is -0.455 e. The van der Waals surface area contributed by atoms with Crippen LogP contribution in [0.3, 0.4) is 0 Å². The first kappa shape index (κ1) is 41.3. The maximum absolute atomic E-state index is 6.85. The first-order chi connectivity index (χ1) is 34.3. The molecule has 69 heavy (non-hydrogen) atoms. The Morgan fingerprint density at radius 2 is 0.652 bits per heavy atom. The molecule has 0 saturated carbocycles. The lowest BCUT2D eigenvalue weighted by Crippen LogP contribution is -2.14. The van der Waals surface area contributed by atoms with Crippen LogP contribution in [0.4, 0.5) is 34.1 Å². The molecular weight excluding hydrogens is 837 g/mol. The molecule has 0 spiro atoms. The highest BCUT2D eigenvalue weighted by Crippen LogP contribution is 2.49. The second-order valence-electron chi connectivity index (χ2n) is 17.2. The van der Waals surface area contributed by atoms with E-state index in [9.17, 15) is 0 Å². The van der Waals surface area contributed by atoms with Crippen LogP contribution in [-0.2, 0) is 0 Å². The van der Waals surface area contributed by atoms with Crippen LogP contribution >= 0.6 is 0 Å². The second kappa shape index (κ2) is 18.2. The first-order valence-corrected chi connectivity index (χ1v) is 23.5. The number of hydrogen-bond donors (Lipinski definition) is 0. The van der Waals surface area contributed by atoms with E-state index in [1.54, 1.807) is 0 Å². The molecule has 0 bridgehead atoms. The lowest BCUT2D eigenvalue weighted by Gasteiger charge is -2.32. The van der Waals surface area contributed by atoms with E-state index in [-0.39, 0.29) is 0 Å². The number of rotatable bonds is 11. The predicted molar refractivity (Wildman–Crippen MR) is 290 cm³/mol. The molecule has 3 nitrogen and oxygen atoms in total. The van der Waals surface area contributed by atoms with Gasteiger partial charge >= 0.3 is 0 Å². The molecule has 11 aromatic carbocycles. The highest BCUT2D eigenvalue weighted by atomic mass is 16.3. The number of para-hydroxylation sites is 4. The normalized spacial score (nSPS) is 11.2. The van der Waals surface area contributed by atoms with Crippen LogP contribution in [0, 0.1) is 0 Å². The molecule has 1 aromatic heterocycles. The number of furan rings is 1. The van der Waals surface area contributed by atoms with Gasteiger partial charge in [0.2, 0.25) is 0 Å². The number of anilines is 6. The van der Waals surface area contributed by atoms with Crippen LogP contribution in [0.2, 0.25) is 0 Å². The van der Waals surface area contributed by atoms with Gasteiger partial charge in [-0.15, -0.1) is 0 Å². The molecule has 0 saturated heterocycles. The maximum atomic E-state index is 6.85. The molecular formula is C66H46N2O. The summed E-state index contributed by atoms with van der Waals surface area (Å²) < 4.78 is 6.85. The van der Waals surface area contributed by atoms with Crippen LogP contribution in [0.25, 0.3) is 77.6 Å². The Kier molecular flexibility index (Phi) is 10.9. The molecule has 3 heteroatoms. The fourth-order valence-electron chi connectivity index (χ4n) is 9.90. The molecule has 0 aliphatic rings. The molecule has 0 aliphatic carbocycles. The number of fused-ring (bicyclic) bond motifs is 3. The number of benzene rings is 11. The number of hydrogen-bond acceptors (Lipinski definition) is 3. The standard InChI is InChI=1S/C66H46N2O/c1-5-22-47(23-6-1)48-42-44-53(45-43-48)67(63-40-21-41-64-65(63)59-36-20-35-58(66(59)69-64)51-28-11-4-12-29-51)54-31-19-30-52(46-54)57-34-15-18-39-62(57)68(60-37-16-13-32-55(60)49-24-7-2-8-25-49)61-38-17-14-33-56(61)50-26-9-3-10-27-50/h1-46H. The average Bonchev–Trinajstić information content (AvgIpc) is 3.83. The highest BCUT2D eigenvalue weighted by Gasteiger charge is 2.25. The van der Waals surface area contributed by atoms with E-state index in [1.165, 1.54) is 5.56 Å². The van der Waals surface area contributed by atoms with Crippen molar-refractivity contribution >= 4 is 56.1 Å². The van der Waals surface area contributed by atoms with Crippen molar-refractivity contribution in [1.82, 2.24) is 0 Å². The van der Waals surface area contributed by atoms with Crippen LogP contribution in [0.1, 0.15) is 0 Å². The molecule has 0 atom stereocenters. The Balaban J connectivity index is 1.06. The lowest BCUT2D eigenvalue weighted by molar-refractivity contribution is 0.670. The van der Waals surface area contributed by atoms with E-state index < -0.39 is 0 Å². The zero-order valence-corrected chi connectivity index (χ0v) is 37.9. The van der Waals surface area contributed by atoms with Crippen molar-refractivity contribution in [3.63, 3.8) is 0 Å². The summed E-state index contributed by atoms with van der Waals surface area (Å²) in [6, 6.07) is 99.7. The molecule has 0 N–H and O–H groups in total. The summed E-state index contributed by atoms with van der Waals surface area (Å²) in [6.07, 6.45) is 0. The van der Waals surface area contributed by atoms with Crippen molar-refractivity contribution in [2.45, 2.75) is 0 Å². The van der Waals surface area contributed by atoms with Crippen LogP contribution in [-0.4, -0.2) is 0 Å². The van der Waals surface area contributed by atoms with E-state index in [2.05, 4.69) is 289 Å². The molecule has 0 radical (unpaired) electrons. The summed E-state index contributed by atoms with van der Waals surface area (Å²) in [5, 5.41) is 2.13. The van der Waals surface area contributed by atoms with Crippen molar-refractivity contribution in [3.05, 3.63) is 279 Å². The fourth-order valence-corrected chi connectivity index (χ4v) is 9.90. The SMILES string of the molecule is c1ccc(-c2ccc(N(c3cccc(-c4ccccc4N(c4ccccc4-c4ccccc4)c4ccccc4-c4ccccc4)c3)c3cccc4oc5c(-c6ccccc6)cccc5c34)cc2)cc1. The van der Waals surface area contributed by atoms with Gasteiger partial charge in [0.05, 0.1) is 28.1 Å². The topological polar surface area (TPSA) is 19.6 Å². The van der Waals surface area contributed by atoms with E-state index in [0.717, 1.165) is 106 Å². The quantitative estimate of drug-likeness (QED) is 0.129. The molecule has 326 valence electrons. The van der Waals surface area contributed by atoms with Gasteiger partial charge in [-0.3, -0.25) is 0 Å². The molecule has 0 fully saturated rings. The minimum absolute atomic E-state index is 0.836. The molecule has 1 heterocycles.